The summed E-state index contributed by atoms with van der Waals surface area (Å²) in [7, 11) is 1.73. The van der Waals surface area contributed by atoms with Crippen molar-refractivity contribution in [1.82, 2.24) is 15.5 Å². The lowest BCUT2D eigenvalue weighted by molar-refractivity contribution is -0.119. The number of amides is 2. The summed E-state index contributed by atoms with van der Waals surface area (Å²) in [5, 5.41) is 6.63. The van der Waals surface area contributed by atoms with Crippen molar-refractivity contribution >= 4 is 23.6 Å². The highest BCUT2D eigenvalue weighted by Gasteiger charge is 2.34. The van der Waals surface area contributed by atoms with Gasteiger partial charge in [0.15, 0.2) is 5.96 Å². The standard InChI is InChI=1S/C22H33N5O3/c1-22(2,3)30-21(29)26-14-17(15-26)25-20(23-4)24-13-16-8-10-18(11-9-16)27-12-6-5-7-19(27)28/h8-11,17H,5-7,12-15H2,1-4H3,(H2,23,24,25). The Morgan fingerprint density at radius 3 is 2.50 bits per heavy atom. The summed E-state index contributed by atoms with van der Waals surface area (Å²) in [5.41, 5.74) is 1.59. The third-order valence-corrected chi connectivity index (χ3v) is 5.13. The van der Waals surface area contributed by atoms with Crippen LogP contribution in [0.1, 0.15) is 45.6 Å². The average molecular weight is 416 g/mol. The van der Waals surface area contributed by atoms with Crippen molar-refractivity contribution in [2.45, 2.75) is 58.2 Å². The Kier molecular flexibility index (Phi) is 6.84. The van der Waals surface area contributed by atoms with Crippen LogP contribution in [0.25, 0.3) is 0 Å². The van der Waals surface area contributed by atoms with Gasteiger partial charge in [-0.1, -0.05) is 12.1 Å². The maximum Gasteiger partial charge on any atom is 0.410 e. The molecule has 8 nitrogen and oxygen atoms in total. The number of aliphatic imine (C=N–C) groups is 1. The molecular formula is C22H33N5O3. The van der Waals surface area contributed by atoms with Gasteiger partial charge in [0.05, 0.1) is 6.04 Å². The van der Waals surface area contributed by atoms with Crippen LogP contribution in [0.2, 0.25) is 0 Å². The SMILES string of the molecule is CN=C(NCc1ccc(N2CCCCC2=O)cc1)NC1CN(C(=O)OC(C)(C)C)C1. The molecule has 0 unspecified atom stereocenters. The first-order valence-electron chi connectivity index (χ1n) is 10.6. The summed E-state index contributed by atoms with van der Waals surface area (Å²) in [6.07, 6.45) is 2.40. The van der Waals surface area contributed by atoms with Crippen LogP contribution < -0.4 is 15.5 Å². The molecule has 2 aliphatic heterocycles. The number of hydrogen-bond acceptors (Lipinski definition) is 4. The zero-order chi connectivity index (χ0) is 21.7. The molecule has 0 aliphatic carbocycles. The summed E-state index contributed by atoms with van der Waals surface area (Å²) < 4.78 is 5.38. The van der Waals surface area contributed by atoms with Crippen LogP contribution in [0.5, 0.6) is 0 Å². The lowest BCUT2D eigenvalue weighted by Crippen LogP contribution is -2.63. The van der Waals surface area contributed by atoms with Crippen molar-refractivity contribution in [1.29, 1.82) is 0 Å². The number of nitrogens with zero attached hydrogens (tertiary/aromatic N) is 3. The molecule has 0 aromatic heterocycles. The molecule has 0 radical (unpaired) electrons. The van der Waals surface area contributed by atoms with Crippen molar-refractivity contribution in [2.75, 3.05) is 31.6 Å². The van der Waals surface area contributed by atoms with Gasteiger partial charge in [0, 0.05) is 45.3 Å². The lowest BCUT2D eigenvalue weighted by Gasteiger charge is -2.40. The maximum absolute atomic E-state index is 12.1. The molecule has 1 aromatic carbocycles. The Morgan fingerprint density at radius 1 is 1.20 bits per heavy atom. The first kappa shape index (κ1) is 21.9. The number of likely N-dealkylation sites (tertiary alicyclic amines) is 1. The molecule has 2 fully saturated rings. The minimum absolute atomic E-state index is 0.149. The van der Waals surface area contributed by atoms with Crippen LogP contribution >= 0.6 is 0 Å². The fourth-order valence-electron chi connectivity index (χ4n) is 3.49. The molecule has 0 bridgehead atoms. The zero-order valence-corrected chi connectivity index (χ0v) is 18.4. The molecule has 1 aromatic rings. The molecule has 2 heterocycles. The van der Waals surface area contributed by atoms with Gasteiger partial charge < -0.3 is 25.2 Å². The second-order valence-electron chi connectivity index (χ2n) is 8.82. The first-order valence-corrected chi connectivity index (χ1v) is 10.6. The predicted molar refractivity (Wildman–Crippen MR) is 118 cm³/mol. The van der Waals surface area contributed by atoms with Gasteiger partial charge in [-0.25, -0.2) is 4.79 Å². The largest absolute Gasteiger partial charge is 0.444 e. The molecular weight excluding hydrogens is 382 g/mol. The van der Waals surface area contributed by atoms with Crippen LogP contribution in [0.3, 0.4) is 0 Å². The van der Waals surface area contributed by atoms with E-state index in [9.17, 15) is 9.59 Å². The zero-order valence-electron chi connectivity index (χ0n) is 18.4. The summed E-state index contributed by atoms with van der Waals surface area (Å²) in [5.74, 6) is 0.900. The van der Waals surface area contributed by atoms with Crippen LogP contribution in [0, 0.1) is 0 Å². The van der Waals surface area contributed by atoms with Gasteiger partial charge in [-0.2, -0.15) is 0 Å². The second kappa shape index (κ2) is 9.36. The van der Waals surface area contributed by atoms with E-state index in [-0.39, 0.29) is 18.0 Å². The van der Waals surface area contributed by atoms with Gasteiger partial charge in [0.25, 0.3) is 0 Å². The van der Waals surface area contributed by atoms with Gasteiger partial charge >= 0.3 is 6.09 Å². The first-order chi connectivity index (χ1) is 14.2. The van der Waals surface area contributed by atoms with Crippen LogP contribution in [-0.4, -0.2) is 61.2 Å². The second-order valence-corrected chi connectivity index (χ2v) is 8.82. The number of rotatable bonds is 4. The van der Waals surface area contributed by atoms with E-state index in [0.717, 1.165) is 30.6 Å². The number of hydrogen-bond donors (Lipinski definition) is 2. The van der Waals surface area contributed by atoms with Crippen molar-refractivity contribution in [3.63, 3.8) is 0 Å². The number of guanidine groups is 1. The minimum atomic E-state index is -0.482. The number of anilines is 1. The Morgan fingerprint density at radius 2 is 1.90 bits per heavy atom. The molecule has 3 rings (SSSR count). The van der Waals surface area contributed by atoms with E-state index >= 15 is 0 Å². The Hall–Kier alpha value is -2.77. The van der Waals surface area contributed by atoms with Gasteiger partial charge in [0.2, 0.25) is 5.91 Å². The van der Waals surface area contributed by atoms with Crippen LogP contribution in [-0.2, 0) is 16.1 Å². The molecule has 30 heavy (non-hydrogen) atoms. The maximum atomic E-state index is 12.1. The minimum Gasteiger partial charge on any atom is -0.444 e. The van der Waals surface area contributed by atoms with Gasteiger partial charge in [-0.05, 0) is 51.3 Å². The van der Waals surface area contributed by atoms with Crippen molar-refractivity contribution < 1.29 is 14.3 Å². The molecule has 0 saturated carbocycles. The number of ether oxygens (including phenoxy) is 1. The number of benzene rings is 1. The van der Waals surface area contributed by atoms with E-state index < -0.39 is 5.60 Å². The smallest absolute Gasteiger partial charge is 0.410 e. The van der Waals surface area contributed by atoms with E-state index in [1.165, 1.54) is 0 Å². The van der Waals surface area contributed by atoms with E-state index in [1.54, 1.807) is 11.9 Å². The quantitative estimate of drug-likeness (QED) is 0.583. The Balaban J connectivity index is 1.43. The fourth-order valence-corrected chi connectivity index (χ4v) is 3.49. The predicted octanol–water partition coefficient (Wildman–Crippen LogP) is 2.49. The van der Waals surface area contributed by atoms with Crippen molar-refractivity contribution in [2.24, 2.45) is 4.99 Å². The monoisotopic (exact) mass is 415 g/mol. The van der Waals surface area contributed by atoms with E-state index in [2.05, 4.69) is 15.6 Å². The number of carbonyl (C=O) groups excluding carboxylic acids is 2. The molecule has 0 spiro atoms. The normalized spacial score (nSPS) is 18.1. The third-order valence-electron chi connectivity index (χ3n) is 5.13. The summed E-state index contributed by atoms with van der Waals surface area (Å²) in [6.45, 7) is 8.20. The molecule has 8 heteroatoms. The third kappa shape index (κ3) is 5.87. The number of nitrogens with one attached hydrogen (secondary N) is 2. The molecule has 2 aliphatic rings. The topological polar surface area (TPSA) is 86.3 Å². The highest BCUT2D eigenvalue weighted by atomic mass is 16.6. The summed E-state index contributed by atoms with van der Waals surface area (Å²) in [4.78, 5) is 31.9. The van der Waals surface area contributed by atoms with Gasteiger partial charge in [0.1, 0.15) is 5.60 Å². The van der Waals surface area contributed by atoms with E-state index in [1.807, 2.05) is 49.9 Å². The molecule has 164 valence electrons. The summed E-state index contributed by atoms with van der Waals surface area (Å²) in [6, 6.07) is 8.22. The fraction of sp³-hybridized carbons (Fsp3) is 0.591. The lowest BCUT2D eigenvalue weighted by atomic mass is 10.1. The van der Waals surface area contributed by atoms with E-state index in [4.69, 9.17) is 4.74 Å². The average Bonchev–Trinajstić information content (AvgIpc) is 2.66. The molecule has 2 amide bonds. The van der Waals surface area contributed by atoms with Crippen molar-refractivity contribution in [3.05, 3.63) is 29.8 Å². The number of piperidine rings is 1. The van der Waals surface area contributed by atoms with Gasteiger partial charge in [-0.15, -0.1) is 0 Å². The van der Waals surface area contributed by atoms with E-state index in [0.29, 0.717) is 32.0 Å². The van der Waals surface area contributed by atoms with Gasteiger partial charge in [-0.3, -0.25) is 9.79 Å². The molecule has 2 N–H and O–H groups in total. The van der Waals surface area contributed by atoms with Crippen LogP contribution in [0.15, 0.2) is 29.3 Å². The Labute approximate surface area is 178 Å². The molecule has 0 atom stereocenters. The van der Waals surface area contributed by atoms with Crippen molar-refractivity contribution in [3.8, 4) is 0 Å². The number of carbonyl (C=O) groups is 2. The summed E-state index contributed by atoms with van der Waals surface area (Å²) >= 11 is 0. The highest BCUT2D eigenvalue weighted by Crippen LogP contribution is 2.21. The van der Waals surface area contributed by atoms with Crippen LogP contribution in [0.4, 0.5) is 10.5 Å². The molecule has 2 saturated heterocycles. The highest BCUT2D eigenvalue weighted by molar-refractivity contribution is 5.94. The Bertz CT molecular complexity index is 779.